The summed E-state index contributed by atoms with van der Waals surface area (Å²) >= 11 is 0. The molecule has 2 aliphatic carbocycles. The summed E-state index contributed by atoms with van der Waals surface area (Å²) in [5.74, 6) is -2.45. The number of nitrogens with zero attached hydrogens (tertiary/aromatic N) is 2. The SMILES string of the molecule is CC1=C(CCC(=O)O)c2cc3nc(cc4[nH]c(cc5[nH]c(cc1n2)c(C)c5CCOC(=O)C1=CC1)c(C)c4CCOC(=O)C1=CC1)C(C)=C3CCC(=O)O. The molecule has 0 fully saturated rings. The van der Waals surface area contributed by atoms with E-state index in [9.17, 15) is 29.4 Å². The van der Waals surface area contributed by atoms with Crippen LogP contribution in [0.4, 0.5) is 0 Å². The molecule has 0 aromatic carbocycles. The Morgan fingerprint density at radius 3 is 1.43 bits per heavy atom. The van der Waals surface area contributed by atoms with Crippen molar-refractivity contribution < 1.29 is 38.9 Å². The van der Waals surface area contributed by atoms with Crippen molar-refractivity contribution in [3.8, 4) is 0 Å². The van der Waals surface area contributed by atoms with Gasteiger partial charge in [0, 0.05) is 58.9 Å². The van der Waals surface area contributed by atoms with Crippen LogP contribution in [0, 0.1) is 13.8 Å². The first-order valence-corrected chi connectivity index (χ1v) is 18.2. The van der Waals surface area contributed by atoms with Gasteiger partial charge in [0.25, 0.3) is 0 Å². The highest BCUT2D eigenvalue weighted by Crippen LogP contribution is 2.38. The summed E-state index contributed by atoms with van der Waals surface area (Å²) in [7, 11) is 0. The van der Waals surface area contributed by atoms with Crippen LogP contribution in [0.15, 0.2) is 47.6 Å². The van der Waals surface area contributed by atoms with Gasteiger partial charge >= 0.3 is 23.9 Å². The van der Waals surface area contributed by atoms with Crippen molar-refractivity contribution in [1.82, 2.24) is 19.9 Å². The van der Waals surface area contributed by atoms with Gasteiger partial charge in [-0.05, 0) is 122 Å². The van der Waals surface area contributed by atoms with E-state index in [1.54, 1.807) is 0 Å². The monoisotopic (exact) mass is 730 g/mol. The van der Waals surface area contributed by atoms with Gasteiger partial charge in [-0.15, -0.1) is 0 Å². The van der Waals surface area contributed by atoms with Crippen molar-refractivity contribution in [2.75, 3.05) is 13.2 Å². The molecule has 54 heavy (non-hydrogen) atoms. The standard InChI is InChI=1S/C42H42N4O8/c1-21-27(9-11-39(47)48)37-20-38-28(10-12-40(49)50)22(2)33(46-38)18-36-30(14-16-54-42(52)26-7-8-26)24(4)34(45-36)19-35-29(13-15-53-41(51)25-5-6-25)23(3)32(43-35)17-31(21)44-37/h5,7,17-20,43,45H,6,8-16H2,1-4H3,(H,47,48)(H,49,50). The lowest BCUT2D eigenvalue weighted by molar-refractivity contribution is -0.139. The van der Waals surface area contributed by atoms with Crippen LogP contribution in [0.25, 0.3) is 44.4 Å². The number of rotatable bonds is 14. The van der Waals surface area contributed by atoms with E-state index in [0.29, 0.717) is 59.6 Å². The summed E-state index contributed by atoms with van der Waals surface area (Å²) in [5.41, 5.74) is 14.2. The Morgan fingerprint density at radius 1 is 0.593 bits per heavy atom. The summed E-state index contributed by atoms with van der Waals surface area (Å²) in [6.45, 7) is 8.26. The molecule has 5 heterocycles. The predicted octanol–water partition coefficient (Wildman–Crippen LogP) is 7.35. The first-order chi connectivity index (χ1) is 25.9. The van der Waals surface area contributed by atoms with E-state index in [1.165, 1.54) is 0 Å². The molecular formula is C42H42N4O8. The summed E-state index contributed by atoms with van der Waals surface area (Å²) in [4.78, 5) is 65.3. The van der Waals surface area contributed by atoms with Crippen LogP contribution < -0.4 is 0 Å². The molecule has 4 aliphatic rings. The lowest BCUT2D eigenvalue weighted by atomic mass is 9.98. The first-order valence-electron chi connectivity index (χ1n) is 18.2. The molecular weight excluding hydrogens is 688 g/mol. The van der Waals surface area contributed by atoms with Gasteiger partial charge in [0.15, 0.2) is 0 Å². The molecule has 7 rings (SSSR count). The van der Waals surface area contributed by atoms with Crippen LogP contribution in [0.2, 0.25) is 0 Å². The largest absolute Gasteiger partial charge is 0.481 e. The van der Waals surface area contributed by atoms with E-state index >= 15 is 0 Å². The number of nitrogens with one attached hydrogen (secondary N) is 2. The zero-order valence-corrected chi connectivity index (χ0v) is 30.8. The van der Waals surface area contributed by atoms with Gasteiger partial charge in [-0.3, -0.25) is 9.59 Å². The molecule has 3 aromatic rings. The number of aromatic nitrogens is 4. The number of fused-ring (bicyclic) bond motifs is 8. The number of esters is 2. The average molecular weight is 731 g/mol. The van der Waals surface area contributed by atoms with Crippen LogP contribution in [-0.4, -0.2) is 67.2 Å². The van der Waals surface area contributed by atoms with E-state index < -0.39 is 11.9 Å². The molecule has 0 spiro atoms. The second-order valence-electron chi connectivity index (χ2n) is 14.1. The number of carboxylic acids is 2. The molecule has 3 aromatic heterocycles. The van der Waals surface area contributed by atoms with Crippen LogP contribution in [-0.2, 0) is 41.5 Å². The van der Waals surface area contributed by atoms with Crippen LogP contribution in [0.3, 0.4) is 0 Å². The highest BCUT2D eigenvalue weighted by Gasteiger charge is 2.24. The zero-order valence-electron chi connectivity index (χ0n) is 30.8. The predicted molar refractivity (Wildman–Crippen MR) is 204 cm³/mol. The van der Waals surface area contributed by atoms with E-state index in [2.05, 4.69) is 9.97 Å². The molecule has 0 unspecified atom stereocenters. The van der Waals surface area contributed by atoms with E-state index in [-0.39, 0.29) is 50.8 Å². The minimum absolute atomic E-state index is 0.0877. The maximum Gasteiger partial charge on any atom is 0.334 e. The number of hydrogen-bond donors (Lipinski definition) is 4. The van der Waals surface area contributed by atoms with Gasteiger partial charge in [0.05, 0.1) is 36.0 Å². The smallest absolute Gasteiger partial charge is 0.334 e. The lowest BCUT2D eigenvalue weighted by Crippen LogP contribution is -2.06. The van der Waals surface area contributed by atoms with Crippen molar-refractivity contribution in [3.63, 3.8) is 0 Å². The zero-order chi connectivity index (χ0) is 38.3. The van der Waals surface area contributed by atoms with Gasteiger partial charge in [0.2, 0.25) is 0 Å². The summed E-state index contributed by atoms with van der Waals surface area (Å²) in [6.07, 6.45) is 6.22. The summed E-state index contributed by atoms with van der Waals surface area (Å²) in [5, 5.41) is 19.2. The van der Waals surface area contributed by atoms with Gasteiger partial charge in [-0.1, -0.05) is 12.2 Å². The second kappa shape index (κ2) is 14.8. The Bertz CT molecular complexity index is 2440. The number of aromatic amines is 2. The van der Waals surface area contributed by atoms with Crippen molar-refractivity contribution in [2.45, 2.75) is 79.1 Å². The molecule has 0 radical (unpaired) electrons. The number of carboxylic acid groups (broad SMARTS) is 2. The number of H-pyrrole nitrogens is 2. The fourth-order valence-electron chi connectivity index (χ4n) is 7.07. The molecule has 0 amide bonds. The van der Waals surface area contributed by atoms with Crippen molar-refractivity contribution >= 4 is 68.2 Å². The Hall–Kier alpha value is -6.04. The summed E-state index contributed by atoms with van der Waals surface area (Å²) < 4.78 is 11.2. The second-order valence-corrected chi connectivity index (χ2v) is 14.1. The lowest BCUT2D eigenvalue weighted by Gasteiger charge is -2.05. The Morgan fingerprint density at radius 2 is 1.00 bits per heavy atom. The molecule has 2 aliphatic heterocycles. The van der Waals surface area contributed by atoms with E-state index in [1.807, 2.05) is 64.1 Å². The van der Waals surface area contributed by atoms with Crippen LogP contribution in [0.1, 0.15) is 97.4 Å². The quantitative estimate of drug-likeness (QED) is 0.122. The van der Waals surface area contributed by atoms with Crippen molar-refractivity contribution in [1.29, 1.82) is 0 Å². The molecule has 4 N–H and O–H groups in total. The number of aryl methyl sites for hydroxylation is 2. The van der Waals surface area contributed by atoms with Gasteiger partial charge in [-0.25, -0.2) is 19.6 Å². The Labute approximate surface area is 311 Å². The number of ether oxygens (including phenoxy) is 2. The third kappa shape index (κ3) is 7.68. The number of aliphatic carboxylic acids is 2. The average Bonchev–Trinajstić information content (AvgIpc) is 4.05. The van der Waals surface area contributed by atoms with Gasteiger partial charge in [-0.2, -0.15) is 0 Å². The molecule has 12 nitrogen and oxygen atoms in total. The van der Waals surface area contributed by atoms with Crippen molar-refractivity contribution in [3.05, 3.63) is 92.6 Å². The molecule has 278 valence electrons. The topological polar surface area (TPSA) is 185 Å². The van der Waals surface area contributed by atoms with Gasteiger partial charge < -0.3 is 29.7 Å². The molecule has 12 heteroatoms. The van der Waals surface area contributed by atoms with Crippen LogP contribution in [0.5, 0.6) is 0 Å². The number of carbonyl (C=O) groups is 4. The molecule has 0 saturated heterocycles. The van der Waals surface area contributed by atoms with E-state index in [0.717, 1.165) is 66.6 Å². The molecule has 0 saturated carbocycles. The third-order valence-electron chi connectivity index (χ3n) is 10.5. The highest BCUT2D eigenvalue weighted by molar-refractivity contribution is 5.97. The number of carbonyl (C=O) groups excluding carboxylic acids is 2. The number of hydrogen-bond acceptors (Lipinski definition) is 8. The summed E-state index contributed by atoms with van der Waals surface area (Å²) in [6, 6.07) is 7.77. The molecule has 8 bridgehead atoms. The minimum Gasteiger partial charge on any atom is -0.481 e. The minimum atomic E-state index is -0.927. The van der Waals surface area contributed by atoms with Gasteiger partial charge in [0.1, 0.15) is 0 Å². The van der Waals surface area contributed by atoms with Crippen molar-refractivity contribution in [2.24, 2.45) is 0 Å². The maximum absolute atomic E-state index is 12.4. The number of allylic oxidation sites excluding steroid dienone is 6. The van der Waals surface area contributed by atoms with Crippen LogP contribution >= 0.6 is 0 Å². The fraction of sp³-hybridized carbons (Fsp3) is 0.333. The fourth-order valence-corrected chi connectivity index (χ4v) is 7.07. The first kappa shape index (κ1) is 36.3. The Balaban J connectivity index is 1.45. The molecule has 0 atom stereocenters. The Kier molecular flexibility index (Phi) is 9.93. The third-order valence-corrected chi connectivity index (χ3v) is 10.5. The highest BCUT2D eigenvalue weighted by atomic mass is 16.5. The van der Waals surface area contributed by atoms with E-state index in [4.69, 9.17) is 19.4 Å². The normalized spacial score (nSPS) is 14.5. The maximum atomic E-state index is 12.4.